The zero-order valence-corrected chi connectivity index (χ0v) is 10.7. The van der Waals surface area contributed by atoms with Crippen LogP contribution in [0.4, 0.5) is 8.78 Å². The Morgan fingerprint density at radius 3 is 2.65 bits per heavy atom. The zero-order chi connectivity index (χ0) is 12.6. The summed E-state index contributed by atoms with van der Waals surface area (Å²) in [4.78, 5) is 12.3. The molecule has 1 atom stereocenters. The highest BCUT2D eigenvalue weighted by Crippen LogP contribution is 2.40. The van der Waals surface area contributed by atoms with Crippen LogP contribution in [0.3, 0.4) is 0 Å². The molecule has 0 saturated carbocycles. The third-order valence-electron chi connectivity index (χ3n) is 3.19. The Morgan fingerprint density at radius 2 is 2.06 bits per heavy atom. The van der Waals surface area contributed by atoms with E-state index in [1.54, 1.807) is 11.8 Å². The first-order valence-electron chi connectivity index (χ1n) is 5.58. The minimum absolute atomic E-state index is 0.0146. The molecule has 1 unspecified atom stereocenters. The molecule has 1 fully saturated rings. The maximum atomic E-state index is 13.6. The second-order valence-electron chi connectivity index (χ2n) is 4.59. The van der Waals surface area contributed by atoms with Crippen molar-refractivity contribution in [2.75, 3.05) is 5.75 Å². The molecule has 1 saturated heterocycles. The van der Waals surface area contributed by atoms with Crippen LogP contribution in [0.5, 0.6) is 0 Å². The van der Waals surface area contributed by atoms with Crippen molar-refractivity contribution >= 4 is 17.5 Å². The molecule has 2 rings (SSSR count). The average Bonchev–Trinajstić information content (AvgIpc) is 2.71. The van der Waals surface area contributed by atoms with E-state index in [-0.39, 0.29) is 11.3 Å². The number of hydrogen-bond acceptors (Lipinski definition) is 2. The van der Waals surface area contributed by atoms with Gasteiger partial charge in [0.05, 0.1) is 10.3 Å². The number of carbonyl (C=O) groups is 1. The van der Waals surface area contributed by atoms with Gasteiger partial charge in [0.1, 0.15) is 11.6 Å². The summed E-state index contributed by atoms with van der Waals surface area (Å²) < 4.78 is 26.2. The number of halogens is 2. The van der Waals surface area contributed by atoms with Crippen LogP contribution in [0.1, 0.15) is 35.7 Å². The summed E-state index contributed by atoms with van der Waals surface area (Å²) in [6, 6.07) is 2.11. The van der Waals surface area contributed by atoms with Gasteiger partial charge in [-0.05, 0) is 44.1 Å². The SMILES string of the molecule is Cc1cc(C(=O)C2(C)CCCS2)c(F)cc1F. The fourth-order valence-electron chi connectivity index (χ4n) is 2.07. The Kier molecular flexibility index (Phi) is 3.25. The van der Waals surface area contributed by atoms with Crippen LogP contribution in [-0.2, 0) is 0 Å². The molecule has 1 heterocycles. The molecule has 0 aromatic heterocycles. The molecule has 0 amide bonds. The lowest BCUT2D eigenvalue weighted by molar-refractivity contribution is 0.0945. The third kappa shape index (κ3) is 2.23. The Balaban J connectivity index is 2.40. The summed E-state index contributed by atoms with van der Waals surface area (Å²) in [7, 11) is 0. The Morgan fingerprint density at radius 1 is 1.35 bits per heavy atom. The van der Waals surface area contributed by atoms with E-state index in [0.717, 1.165) is 24.7 Å². The molecule has 0 aliphatic carbocycles. The first-order valence-corrected chi connectivity index (χ1v) is 6.57. The number of benzene rings is 1. The summed E-state index contributed by atoms with van der Waals surface area (Å²) in [5, 5.41) is 0. The van der Waals surface area contributed by atoms with Gasteiger partial charge in [-0.3, -0.25) is 4.79 Å². The van der Waals surface area contributed by atoms with Crippen molar-refractivity contribution in [3.8, 4) is 0 Å². The van der Waals surface area contributed by atoms with E-state index in [0.29, 0.717) is 5.56 Å². The number of hydrogen-bond donors (Lipinski definition) is 0. The highest BCUT2D eigenvalue weighted by molar-refractivity contribution is 8.01. The fraction of sp³-hybridized carbons (Fsp3) is 0.462. The molecule has 1 aliphatic rings. The van der Waals surface area contributed by atoms with Gasteiger partial charge in [0.2, 0.25) is 0 Å². The Hall–Kier alpha value is -0.900. The molecule has 1 aromatic rings. The number of rotatable bonds is 2. The summed E-state index contributed by atoms with van der Waals surface area (Å²) in [6.07, 6.45) is 1.72. The second kappa shape index (κ2) is 4.41. The maximum Gasteiger partial charge on any atom is 0.181 e. The van der Waals surface area contributed by atoms with Gasteiger partial charge < -0.3 is 0 Å². The lowest BCUT2D eigenvalue weighted by atomic mass is 9.93. The van der Waals surface area contributed by atoms with Gasteiger partial charge in [-0.15, -0.1) is 11.8 Å². The van der Waals surface area contributed by atoms with Crippen molar-refractivity contribution in [3.05, 3.63) is 34.9 Å². The Labute approximate surface area is 104 Å². The molecule has 1 aliphatic heterocycles. The van der Waals surface area contributed by atoms with E-state index >= 15 is 0 Å². The third-order valence-corrected chi connectivity index (χ3v) is 4.71. The number of aryl methyl sites for hydroxylation is 1. The van der Waals surface area contributed by atoms with Gasteiger partial charge in [-0.25, -0.2) is 8.78 Å². The van der Waals surface area contributed by atoms with Gasteiger partial charge in [0.25, 0.3) is 0 Å². The monoisotopic (exact) mass is 256 g/mol. The van der Waals surface area contributed by atoms with Crippen LogP contribution in [-0.4, -0.2) is 16.3 Å². The van der Waals surface area contributed by atoms with Gasteiger partial charge in [0, 0.05) is 6.07 Å². The van der Waals surface area contributed by atoms with Gasteiger partial charge in [-0.2, -0.15) is 0 Å². The number of ketones is 1. The lowest BCUT2D eigenvalue weighted by Crippen LogP contribution is -2.29. The number of Topliss-reactive ketones (excluding diaryl/α,β-unsaturated/α-hetero) is 1. The molecule has 1 aromatic carbocycles. The van der Waals surface area contributed by atoms with Crippen molar-refractivity contribution in [1.29, 1.82) is 0 Å². The predicted octanol–water partition coefficient (Wildman–Crippen LogP) is 3.74. The summed E-state index contributed by atoms with van der Waals surface area (Å²) in [6.45, 7) is 3.38. The average molecular weight is 256 g/mol. The molecule has 1 nitrogen and oxygen atoms in total. The molecule has 0 spiro atoms. The number of carbonyl (C=O) groups excluding carboxylic acids is 1. The van der Waals surface area contributed by atoms with Gasteiger partial charge >= 0.3 is 0 Å². The zero-order valence-electron chi connectivity index (χ0n) is 9.85. The van der Waals surface area contributed by atoms with Gasteiger partial charge in [-0.1, -0.05) is 0 Å². The molecular formula is C13H14F2OS. The van der Waals surface area contributed by atoms with Crippen LogP contribution in [0.25, 0.3) is 0 Å². The molecule has 4 heteroatoms. The van der Waals surface area contributed by atoms with E-state index in [2.05, 4.69) is 0 Å². The van der Waals surface area contributed by atoms with E-state index in [4.69, 9.17) is 0 Å². The van der Waals surface area contributed by atoms with E-state index in [1.807, 2.05) is 6.92 Å². The smallest absolute Gasteiger partial charge is 0.181 e. The fourth-order valence-corrected chi connectivity index (χ4v) is 3.34. The van der Waals surface area contributed by atoms with Crippen LogP contribution < -0.4 is 0 Å². The van der Waals surface area contributed by atoms with Crippen LogP contribution in [0.2, 0.25) is 0 Å². The lowest BCUT2D eigenvalue weighted by Gasteiger charge is -2.21. The predicted molar refractivity (Wildman–Crippen MR) is 65.5 cm³/mol. The summed E-state index contributed by atoms with van der Waals surface area (Å²) in [5.74, 6) is -0.667. The van der Waals surface area contributed by atoms with Crippen molar-refractivity contribution < 1.29 is 13.6 Å². The first-order chi connectivity index (χ1) is 7.94. The van der Waals surface area contributed by atoms with Crippen molar-refractivity contribution in [3.63, 3.8) is 0 Å². The molecule has 0 N–H and O–H groups in total. The van der Waals surface area contributed by atoms with Crippen LogP contribution >= 0.6 is 11.8 Å². The molecule has 0 bridgehead atoms. The topological polar surface area (TPSA) is 17.1 Å². The van der Waals surface area contributed by atoms with Crippen molar-refractivity contribution in [2.45, 2.75) is 31.4 Å². The first kappa shape index (κ1) is 12.6. The van der Waals surface area contributed by atoms with Crippen LogP contribution in [0.15, 0.2) is 12.1 Å². The second-order valence-corrected chi connectivity index (χ2v) is 6.19. The standard InChI is InChI=1S/C13H14F2OS/c1-8-6-9(11(15)7-10(8)14)12(16)13(2)4-3-5-17-13/h6-7H,3-5H2,1-2H3. The minimum atomic E-state index is -0.758. The quantitative estimate of drug-likeness (QED) is 0.750. The highest BCUT2D eigenvalue weighted by atomic mass is 32.2. The molecule has 92 valence electrons. The van der Waals surface area contributed by atoms with Gasteiger partial charge in [0.15, 0.2) is 5.78 Å². The molecule has 17 heavy (non-hydrogen) atoms. The van der Waals surface area contributed by atoms with E-state index < -0.39 is 16.4 Å². The Bertz CT molecular complexity index is 465. The van der Waals surface area contributed by atoms with Crippen molar-refractivity contribution in [1.82, 2.24) is 0 Å². The highest BCUT2D eigenvalue weighted by Gasteiger charge is 2.38. The minimum Gasteiger partial charge on any atom is -0.293 e. The van der Waals surface area contributed by atoms with E-state index in [9.17, 15) is 13.6 Å². The number of thioether (sulfide) groups is 1. The van der Waals surface area contributed by atoms with E-state index in [1.165, 1.54) is 13.0 Å². The molecular weight excluding hydrogens is 242 g/mol. The summed E-state index contributed by atoms with van der Waals surface area (Å²) >= 11 is 1.56. The van der Waals surface area contributed by atoms with Crippen molar-refractivity contribution in [2.24, 2.45) is 0 Å². The maximum absolute atomic E-state index is 13.6. The van der Waals surface area contributed by atoms with Crippen LogP contribution in [0, 0.1) is 18.6 Å². The normalized spacial score (nSPS) is 24.0. The summed E-state index contributed by atoms with van der Waals surface area (Å²) in [5.41, 5.74) is 0.321. The molecule has 0 radical (unpaired) electrons. The largest absolute Gasteiger partial charge is 0.293 e.